The Morgan fingerprint density at radius 1 is 0.929 bits per heavy atom. The van der Waals surface area contributed by atoms with Crippen molar-refractivity contribution in [2.45, 2.75) is 24.9 Å². The van der Waals surface area contributed by atoms with Gasteiger partial charge in [-0.15, -0.1) is 0 Å². The van der Waals surface area contributed by atoms with Gasteiger partial charge in [0.2, 0.25) is 11.8 Å². The number of amides is 2. The number of hydrogen-bond donors (Lipinski definition) is 4. The van der Waals surface area contributed by atoms with Gasteiger partial charge in [0.15, 0.2) is 0 Å². The first-order valence-corrected chi connectivity index (χ1v) is 5.78. The van der Waals surface area contributed by atoms with Crippen LogP contribution in [-0.4, -0.2) is 35.4 Å². The number of carbonyl (C=O) groups is 2. The summed E-state index contributed by atoms with van der Waals surface area (Å²) in [5, 5.41) is 5.34. The van der Waals surface area contributed by atoms with E-state index in [-0.39, 0.29) is 11.8 Å². The lowest BCUT2D eigenvalue weighted by Crippen LogP contribution is -2.61. The van der Waals surface area contributed by atoms with Gasteiger partial charge in [-0.25, -0.2) is 0 Å². The van der Waals surface area contributed by atoms with Gasteiger partial charge in [-0.3, -0.25) is 9.59 Å². The van der Waals surface area contributed by atoms with Crippen LogP contribution in [0.2, 0.25) is 0 Å². The zero-order valence-corrected chi connectivity index (χ0v) is 9.48. The number of piperazine rings is 1. The van der Waals surface area contributed by atoms with Crippen LogP contribution in [0.1, 0.15) is 12.8 Å². The van der Waals surface area contributed by atoms with E-state index in [9.17, 15) is 9.59 Å². The summed E-state index contributed by atoms with van der Waals surface area (Å²) in [7, 11) is 0. The highest BCUT2D eigenvalue weighted by Crippen LogP contribution is 2.05. The van der Waals surface area contributed by atoms with E-state index in [1.807, 2.05) is 0 Å². The molecule has 0 bridgehead atoms. The summed E-state index contributed by atoms with van der Waals surface area (Å²) in [5.41, 5.74) is 0. The second-order valence-electron chi connectivity index (χ2n) is 3.15. The molecule has 14 heavy (non-hydrogen) atoms. The molecule has 2 atom stereocenters. The molecule has 0 spiro atoms. The Bertz CT molecular complexity index is 211. The molecule has 80 valence electrons. The van der Waals surface area contributed by atoms with Crippen LogP contribution in [0.25, 0.3) is 0 Å². The van der Waals surface area contributed by atoms with Crippen molar-refractivity contribution in [3.63, 3.8) is 0 Å². The Balaban J connectivity index is 2.53. The molecule has 0 aromatic rings. The van der Waals surface area contributed by atoms with Crippen molar-refractivity contribution in [1.29, 1.82) is 0 Å². The summed E-state index contributed by atoms with van der Waals surface area (Å²) >= 11 is 8.04. The quantitative estimate of drug-likeness (QED) is 0.501. The smallest absolute Gasteiger partial charge is 0.243 e. The molecule has 2 amide bonds. The predicted molar refractivity (Wildman–Crippen MR) is 60.8 cm³/mol. The van der Waals surface area contributed by atoms with E-state index in [2.05, 4.69) is 35.9 Å². The summed E-state index contributed by atoms with van der Waals surface area (Å²) in [6.45, 7) is 0. The SMILES string of the molecule is O=C1NC(CCS)C(=O)NC1CCS. The van der Waals surface area contributed by atoms with Gasteiger partial charge in [-0.2, -0.15) is 25.3 Å². The fourth-order valence-corrected chi connectivity index (χ4v) is 1.86. The van der Waals surface area contributed by atoms with Crippen LogP contribution in [0.5, 0.6) is 0 Å². The minimum absolute atomic E-state index is 0.120. The van der Waals surface area contributed by atoms with Crippen LogP contribution < -0.4 is 10.6 Å². The first-order chi connectivity index (χ1) is 6.69. The van der Waals surface area contributed by atoms with Gasteiger partial charge in [0, 0.05) is 0 Å². The van der Waals surface area contributed by atoms with Gasteiger partial charge in [0.05, 0.1) is 0 Å². The van der Waals surface area contributed by atoms with Gasteiger partial charge in [-0.1, -0.05) is 0 Å². The number of thiol groups is 2. The van der Waals surface area contributed by atoms with Crippen LogP contribution >= 0.6 is 25.3 Å². The third-order valence-corrected chi connectivity index (χ3v) is 2.62. The highest BCUT2D eigenvalue weighted by Gasteiger charge is 2.32. The molecular formula is C8H14N2O2S2. The van der Waals surface area contributed by atoms with Crippen LogP contribution in [0.15, 0.2) is 0 Å². The maximum atomic E-state index is 11.4. The molecule has 4 nitrogen and oxygen atoms in total. The largest absolute Gasteiger partial charge is 0.342 e. The van der Waals surface area contributed by atoms with Crippen LogP contribution in [0.4, 0.5) is 0 Å². The zero-order chi connectivity index (χ0) is 10.6. The van der Waals surface area contributed by atoms with E-state index in [0.717, 1.165) is 0 Å². The number of nitrogens with one attached hydrogen (secondary N) is 2. The number of carbonyl (C=O) groups excluding carboxylic acids is 2. The minimum atomic E-state index is -0.420. The number of hydrogen-bond acceptors (Lipinski definition) is 4. The monoisotopic (exact) mass is 234 g/mol. The first-order valence-electron chi connectivity index (χ1n) is 4.51. The molecule has 2 unspecified atom stereocenters. The fourth-order valence-electron chi connectivity index (χ4n) is 1.34. The highest BCUT2D eigenvalue weighted by molar-refractivity contribution is 7.80. The molecule has 1 rings (SSSR count). The van der Waals surface area contributed by atoms with E-state index in [4.69, 9.17) is 0 Å². The molecule has 1 heterocycles. The fraction of sp³-hybridized carbons (Fsp3) is 0.750. The lowest BCUT2D eigenvalue weighted by Gasteiger charge is -2.29. The molecule has 2 N–H and O–H groups in total. The van der Waals surface area contributed by atoms with E-state index in [0.29, 0.717) is 24.3 Å². The Kier molecular flexibility index (Phi) is 4.60. The molecular weight excluding hydrogens is 220 g/mol. The van der Waals surface area contributed by atoms with E-state index >= 15 is 0 Å². The molecule has 0 aromatic heterocycles. The molecule has 1 aliphatic heterocycles. The summed E-state index contributed by atoms with van der Waals surface area (Å²) in [4.78, 5) is 22.9. The summed E-state index contributed by atoms with van der Waals surface area (Å²) in [6, 6.07) is -0.840. The Morgan fingerprint density at radius 3 is 1.57 bits per heavy atom. The molecule has 1 saturated heterocycles. The highest BCUT2D eigenvalue weighted by atomic mass is 32.1. The third-order valence-electron chi connectivity index (χ3n) is 2.10. The van der Waals surface area contributed by atoms with Crippen molar-refractivity contribution in [2.75, 3.05) is 11.5 Å². The van der Waals surface area contributed by atoms with Gasteiger partial charge >= 0.3 is 0 Å². The maximum absolute atomic E-state index is 11.4. The third kappa shape index (κ3) is 2.81. The van der Waals surface area contributed by atoms with Crippen molar-refractivity contribution in [3.05, 3.63) is 0 Å². The lowest BCUT2D eigenvalue weighted by atomic mass is 10.1. The predicted octanol–water partition coefficient (Wildman–Crippen LogP) is -0.391. The van der Waals surface area contributed by atoms with Crippen molar-refractivity contribution in [2.24, 2.45) is 0 Å². The molecule has 0 aromatic carbocycles. The van der Waals surface area contributed by atoms with Crippen LogP contribution in [-0.2, 0) is 9.59 Å². The molecule has 6 heteroatoms. The maximum Gasteiger partial charge on any atom is 0.243 e. The average Bonchev–Trinajstić information content (AvgIpc) is 2.14. The summed E-state index contributed by atoms with van der Waals surface area (Å²) < 4.78 is 0. The van der Waals surface area contributed by atoms with Gasteiger partial charge in [0.1, 0.15) is 12.1 Å². The van der Waals surface area contributed by atoms with E-state index in [1.54, 1.807) is 0 Å². The second kappa shape index (κ2) is 5.50. The zero-order valence-electron chi connectivity index (χ0n) is 7.69. The normalized spacial score (nSPS) is 27.0. The van der Waals surface area contributed by atoms with Crippen molar-refractivity contribution < 1.29 is 9.59 Å². The molecule has 0 saturated carbocycles. The van der Waals surface area contributed by atoms with Crippen molar-refractivity contribution in [3.8, 4) is 0 Å². The lowest BCUT2D eigenvalue weighted by molar-refractivity contribution is -0.136. The van der Waals surface area contributed by atoms with Gasteiger partial charge in [0.25, 0.3) is 0 Å². The van der Waals surface area contributed by atoms with Crippen LogP contribution in [0, 0.1) is 0 Å². The molecule has 0 aliphatic carbocycles. The standard InChI is InChI=1S/C8H14N2O2S2/c11-7-5(1-3-13)9-8(12)6(10-7)2-4-14/h5-6,13-14H,1-4H2,(H,9,12)(H,10,11). The molecule has 0 radical (unpaired) electrons. The number of rotatable bonds is 4. The van der Waals surface area contributed by atoms with E-state index < -0.39 is 12.1 Å². The Labute approximate surface area is 94.0 Å². The van der Waals surface area contributed by atoms with Crippen molar-refractivity contribution >= 4 is 37.1 Å². The average molecular weight is 234 g/mol. The minimum Gasteiger partial charge on any atom is -0.342 e. The molecule has 1 aliphatic rings. The topological polar surface area (TPSA) is 58.2 Å². The molecule has 1 fully saturated rings. The summed E-state index contributed by atoms with van der Waals surface area (Å²) in [5.74, 6) is 0.918. The first kappa shape index (κ1) is 11.7. The Hall–Kier alpha value is -0.360. The summed E-state index contributed by atoms with van der Waals surface area (Å²) in [6.07, 6.45) is 1.13. The van der Waals surface area contributed by atoms with E-state index in [1.165, 1.54) is 0 Å². The van der Waals surface area contributed by atoms with Gasteiger partial charge < -0.3 is 10.6 Å². The van der Waals surface area contributed by atoms with Crippen molar-refractivity contribution in [1.82, 2.24) is 10.6 Å². The van der Waals surface area contributed by atoms with Crippen LogP contribution in [0.3, 0.4) is 0 Å². The Morgan fingerprint density at radius 2 is 1.29 bits per heavy atom. The second-order valence-corrected chi connectivity index (χ2v) is 4.04. The van der Waals surface area contributed by atoms with Gasteiger partial charge in [-0.05, 0) is 24.3 Å².